The predicted octanol–water partition coefficient (Wildman–Crippen LogP) is 4.34. The lowest BCUT2D eigenvalue weighted by Gasteiger charge is -2.14. The summed E-state index contributed by atoms with van der Waals surface area (Å²) in [5, 5.41) is 3.55. The summed E-state index contributed by atoms with van der Waals surface area (Å²) in [5.41, 5.74) is 2.70. The van der Waals surface area contributed by atoms with Gasteiger partial charge < -0.3 is 5.32 Å². The van der Waals surface area contributed by atoms with Crippen LogP contribution in [0.4, 0.5) is 0 Å². The normalized spacial score (nSPS) is 12.3. The van der Waals surface area contributed by atoms with Gasteiger partial charge in [0.1, 0.15) is 0 Å². The van der Waals surface area contributed by atoms with Crippen LogP contribution in [0.5, 0.6) is 0 Å². The molecule has 2 rings (SSSR count). The van der Waals surface area contributed by atoms with Gasteiger partial charge in [-0.15, -0.1) is 0 Å². The third-order valence-electron chi connectivity index (χ3n) is 3.06. The van der Waals surface area contributed by atoms with E-state index in [1.54, 1.807) is 0 Å². The molecular weight excluding hydrogens is 286 g/mol. The van der Waals surface area contributed by atoms with E-state index in [4.69, 9.17) is 0 Å². The van der Waals surface area contributed by atoms with E-state index in [-0.39, 0.29) is 0 Å². The smallest absolute Gasteiger partial charge is 0.0292 e. The van der Waals surface area contributed by atoms with Crippen LogP contribution < -0.4 is 5.32 Å². The second-order valence-corrected chi connectivity index (χ2v) is 5.38. The van der Waals surface area contributed by atoms with Gasteiger partial charge in [-0.05, 0) is 43.1 Å². The average molecular weight is 304 g/mol. The first-order valence-electron chi connectivity index (χ1n) is 6.28. The lowest BCUT2D eigenvalue weighted by molar-refractivity contribution is 0.576. The van der Waals surface area contributed by atoms with Gasteiger partial charge in [-0.3, -0.25) is 0 Å². The fourth-order valence-corrected chi connectivity index (χ4v) is 2.39. The maximum absolute atomic E-state index is 3.55. The second-order valence-electron chi connectivity index (χ2n) is 4.47. The molecule has 0 aromatic heterocycles. The van der Waals surface area contributed by atoms with Crippen LogP contribution in [-0.2, 0) is 6.42 Å². The second kappa shape index (κ2) is 6.72. The summed E-state index contributed by atoms with van der Waals surface area (Å²) < 4.78 is 1.14. The van der Waals surface area contributed by atoms with Crippen molar-refractivity contribution in [2.75, 3.05) is 6.54 Å². The monoisotopic (exact) mass is 303 g/mol. The summed E-state index contributed by atoms with van der Waals surface area (Å²) in [6, 6.07) is 19.4. The van der Waals surface area contributed by atoms with E-state index in [0.29, 0.717) is 6.04 Å². The zero-order valence-corrected chi connectivity index (χ0v) is 12.2. The average Bonchev–Trinajstić information content (AvgIpc) is 2.40. The first-order valence-corrected chi connectivity index (χ1v) is 7.08. The highest BCUT2D eigenvalue weighted by molar-refractivity contribution is 9.10. The fraction of sp³-hybridized carbons (Fsp3) is 0.250. The maximum Gasteiger partial charge on any atom is 0.0292 e. The highest BCUT2D eigenvalue weighted by Gasteiger charge is 2.04. The van der Waals surface area contributed by atoms with Gasteiger partial charge in [0.15, 0.2) is 0 Å². The zero-order valence-electron chi connectivity index (χ0n) is 10.6. The molecule has 0 amide bonds. The minimum atomic E-state index is 0.381. The van der Waals surface area contributed by atoms with Crippen LogP contribution in [0.1, 0.15) is 24.1 Å². The Hall–Kier alpha value is -1.12. The topological polar surface area (TPSA) is 12.0 Å². The van der Waals surface area contributed by atoms with Gasteiger partial charge in [-0.1, -0.05) is 58.4 Å². The molecule has 0 heterocycles. The molecule has 0 spiro atoms. The molecular formula is C16H18BrN. The van der Waals surface area contributed by atoms with Crippen LogP contribution in [0.15, 0.2) is 59.1 Å². The van der Waals surface area contributed by atoms with E-state index in [9.17, 15) is 0 Å². The third kappa shape index (κ3) is 3.97. The van der Waals surface area contributed by atoms with Crippen molar-refractivity contribution in [2.24, 2.45) is 0 Å². The number of halogens is 1. The Morgan fingerprint density at radius 2 is 1.83 bits per heavy atom. The number of hydrogen-bond donors (Lipinski definition) is 1. The molecule has 1 N–H and O–H groups in total. The van der Waals surface area contributed by atoms with Gasteiger partial charge in [0.25, 0.3) is 0 Å². The highest BCUT2D eigenvalue weighted by atomic mass is 79.9. The molecule has 0 saturated heterocycles. The van der Waals surface area contributed by atoms with E-state index in [2.05, 4.69) is 82.8 Å². The van der Waals surface area contributed by atoms with Crippen molar-refractivity contribution in [3.63, 3.8) is 0 Å². The molecule has 0 bridgehead atoms. The Labute approximate surface area is 117 Å². The van der Waals surface area contributed by atoms with Crippen molar-refractivity contribution < 1.29 is 0 Å². The molecule has 0 saturated carbocycles. The molecule has 94 valence electrons. The molecule has 2 aromatic rings. The zero-order chi connectivity index (χ0) is 12.8. The van der Waals surface area contributed by atoms with E-state index < -0.39 is 0 Å². The lowest BCUT2D eigenvalue weighted by Crippen LogP contribution is -2.21. The van der Waals surface area contributed by atoms with Crippen LogP contribution >= 0.6 is 15.9 Å². The van der Waals surface area contributed by atoms with E-state index >= 15 is 0 Å². The minimum Gasteiger partial charge on any atom is -0.310 e. The SMILES string of the molecule is C[C@H](NCCc1ccccc1)c1cccc(Br)c1. The number of nitrogens with one attached hydrogen (secondary N) is 1. The van der Waals surface area contributed by atoms with E-state index in [1.807, 2.05) is 0 Å². The van der Waals surface area contributed by atoms with E-state index in [1.165, 1.54) is 11.1 Å². The van der Waals surface area contributed by atoms with Gasteiger partial charge >= 0.3 is 0 Å². The van der Waals surface area contributed by atoms with Crippen molar-refractivity contribution in [1.82, 2.24) is 5.32 Å². The largest absolute Gasteiger partial charge is 0.310 e. The fourth-order valence-electron chi connectivity index (χ4n) is 1.97. The van der Waals surface area contributed by atoms with Crippen LogP contribution in [0.2, 0.25) is 0 Å². The summed E-state index contributed by atoms with van der Waals surface area (Å²) in [5.74, 6) is 0. The molecule has 1 atom stereocenters. The van der Waals surface area contributed by atoms with Crippen LogP contribution in [0.25, 0.3) is 0 Å². The van der Waals surface area contributed by atoms with Gasteiger partial charge in [0, 0.05) is 10.5 Å². The number of hydrogen-bond acceptors (Lipinski definition) is 1. The van der Waals surface area contributed by atoms with Crippen molar-refractivity contribution in [1.29, 1.82) is 0 Å². The summed E-state index contributed by atoms with van der Waals surface area (Å²) in [6.07, 6.45) is 1.07. The quantitative estimate of drug-likeness (QED) is 0.866. The first kappa shape index (κ1) is 13.3. The molecule has 1 nitrogen and oxygen atoms in total. The Balaban J connectivity index is 1.83. The van der Waals surface area contributed by atoms with Crippen molar-refractivity contribution >= 4 is 15.9 Å². The van der Waals surface area contributed by atoms with Gasteiger partial charge in [0.05, 0.1) is 0 Å². The Morgan fingerprint density at radius 3 is 2.56 bits per heavy atom. The summed E-state index contributed by atoms with van der Waals surface area (Å²) >= 11 is 3.51. The molecule has 0 aliphatic rings. The van der Waals surface area contributed by atoms with Gasteiger partial charge in [0.2, 0.25) is 0 Å². The minimum absolute atomic E-state index is 0.381. The van der Waals surface area contributed by atoms with Crippen LogP contribution in [0.3, 0.4) is 0 Å². The number of benzene rings is 2. The summed E-state index contributed by atoms with van der Waals surface area (Å²) in [4.78, 5) is 0. The van der Waals surface area contributed by atoms with E-state index in [0.717, 1.165) is 17.4 Å². The standard InChI is InChI=1S/C16H18BrN/c1-13(15-8-5-9-16(17)12-15)18-11-10-14-6-3-2-4-7-14/h2-9,12-13,18H,10-11H2,1H3/t13-/m0/s1. The predicted molar refractivity (Wildman–Crippen MR) is 80.7 cm³/mol. The third-order valence-corrected chi connectivity index (χ3v) is 3.55. The molecule has 2 aromatic carbocycles. The Morgan fingerprint density at radius 1 is 1.06 bits per heavy atom. The van der Waals surface area contributed by atoms with Crippen molar-refractivity contribution in [2.45, 2.75) is 19.4 Å². The molecule has 0 unspecified atom stereocenters. The van der Waals surface area contributed by atoms with Gasteiger partial charge in [-0.2, -0.15) is 0 Å². The van der Waals surface area contributed by atoms with Crippen molar-refractivity contribution in [3.8, 4) is 0 Å². The maximum atomic E-state index is 3.55. The Bertz CT molecular complexity index is 481. The molecule has 0 aliphatic heterocycles. The molecule has 18 heavy (non-hydrogen) atoms. The Kier molecular flexibility index (Phi) is 4.97. The van der Waals surface area contributed by atoms with Crippen LogP contribution in [0, 0.1) is 0 Å². The van der Waals surface area contributed by atoms with Gasteiger partial charge in [-0.25, -0.2) is 0 Å². The molecule has 0 fully saturated rings. The summed E-state index contributed by atoms with van der Waals surface area (Å²) in [6.45, 7) is 3.20. The number of rotatable bonds is 5. The molecule has 0 aliphatic carbocycles. The first-order chi connectivity index (χ1) is 8.75. The van der Waals surface area contributed by atoms with Crippen LogP contribution in [-0.4, -0.2) is 6.54 Å². The highest BCUT2D eigenvalue weighted by Crippen LogP contribution is 2.17. The molecule has 2 heteroatoms. The summed E-state index contributed by atoms with van der Waals surface area (Å²) in [7, 11) is 0. The van der Waals surface area contributed by atoms with Crippen molar-refractivity contribution in [3.05, 3.63) is 70.2 Å². The lowest BCUT2D eigenvalue weighted by atomic mass is 10.1. The molecule has 0 radical (unpaired) electrons.